The number of rotatable bonds is 2. The summed E-state index contributed by atoms with van der Waals surface area (Å²) >= 11 is 5.06. The summed E-state index contributed by atoms with van der Waals surface area (Å²) < 4.78 is 0. The van der Waals surface area contributed by atoms with Gasteiger partial charge in [-0.2, -0.15) is 0 Å². The molecule has 2 aliphatic heterocycles. The first-order valence-electron chi connectivity index (χ1n) is 7.36. The summed E-state index contributed by atoms with van der Waals surface area (Å²) in [5.41, 5.74) is 6.63. The van der Waals surface area contributed by atoms with E-state index in [0.717, 1.165) is 36.4 Å². The number of anilines is 1. The monoisotopic (exact) mass is 290 g/mol. The minimum absolute atomic E-state index is 0.445. The van der Waals surface area contributed by atoms with E-state index in [4.69, 9.17) is 18.0 Å². The average molecular weight is 290 g/mol. The molecule has 3 heterocycles. The van der Waals surface area contributed by atoms with Gasteiger partial charge in [0.25, 0.3) is 0 Å². The maximum Gasteiger partial charge on any atom is 0.129 e. The van der Waals surface area contributed by atoms with Gasteiger partial charge >= 0.3 is 0 Å². The number of nitrogens with two attached hydrogens (primary N) is 1. The predicted molar refractivity (Wildman–Crippen MR) is 86.1 cm³/mol. The second-order valence-electron chi connectivity index (χ2n) is 5.95. The van der Waals surface area contributed by atoms with E-state index in [0.29, 0.717) is 4.99 Å². The van der Waals surface area contributed by atoms with Crippen LogP contribution in [0.2, 0.25) is 0 Å². The Bertz CT molecular complexity index is 504. The smallest absolute Gasteiger partial charge is 0.129 e. The first kappa shape index (κ1) is 13.8. The predicted octanol–water partition coefficient (Wildman–Crippen LogP) is 1.64. The molecule has 108 valence electrons. The zero-order valence-corrected chi connectivity index (χ0v) is 12.8. The highest BCUT2D eigenvalue weighted by molar-refractivity contribution is 7.80. The van der Waals surface area contributed by atoms with Crippen molar-refractivity contribution in [1.29, 1.82) is 0 Å². The molecular formula is C15H22N4S. The fourth-order valence-electron chi connectivity index (χ4n) is 3.61. The van der Waals surface area contributed by atoms with Crippen LogP contribution in [0.1, 0.15) is 24.8 Å². The van der Waals surface area contributed by atoms with E-state index >= 15 is 0 Å². The van der Waals surface area contributed by atoms with Crippen LogP contribution < -0.4 is 10.6 Å². The number of likely N-dealkylation sites (tertiary alicyclic amines) is 1. The lowest BCUT2D eigenvalue weighted by atomic mass is 9.84. The molecule has 0 radical (unpaired) electrons. The third-order valence-electron chi connectivity index (χ3n) is 4.70. The van der Waals surface area contributed by atoms with E-state index in [2.05, 4.69) is 21.8 Å². The summed E-state index contributed by atoms with van der Waals surface area (Å²) in [6.45, 7) is 3.42. The molecule has 0 spiro atoms. The molecule has 0 bridgehead atoms. The minimum atomic E-state index is 0.445. The number of hydrogen-bond acceptors (Lipinski definition) is 4. The summed E-state index contributed by atoms with van der Waals surface area (Å²) in [6.07, 6.45) is 5.68. The summed E-state index contributed by atoms with van der Waals surface area (Å²) in [4.78, 5) is 9.87. The molecule has 3 rings (SSSR count). The molecule has 1 aromatic heterocycles. The van der Waals surface area contributed by atoms with E-state index < -0.39 is 0 Å². The fourth-order valence-corrected chi connectivity index (χ4v) is 3.73. The summed E-state index contributed by atoms with van der Waals surface area (Å²) in [5.74, 6) is 1.78. The normalized spacial score (nSPS) is 27.1. The Morgan fingerprint density at radius 3 is 3.05 bits per heavy atom. The zero-order chi connectivity index (χ0) is 14.1. The number of fused-ring (bicyclic) bond motifs is 1. The summed E-state index contributed by atoms with van der Waals surface area (Å²) in [6, 6.07) is 4.65. The SMILES string of the molecule is CN1CCCC2CN(c3cc(C(N)=S)ccn3)CCC21. The Balaban J connectivity index is 1.76. The second-order valence-corrected chi connectivity index (χ2v) is 6.39. The van der Waals surface area contributed by atoms with Crippen LogP contribution >= 0.6 is 12.2 Å². The van der Waals surface area contributed by atoms with Crippen molar-refractivity contribution >= 4 is 23.0 Å². The van der Waals surface area contributed by atoms with Gasteiger partial charge in [-0.3, -0.25) is 0 Å². The first-order valence-corrected chi connectivity index (χ1v) is 7.77. The van der Waals surface area contributed by atoms with Crippen molar-refractivity contribution in [2.75, 3.05) is 31.6 Å². The highest BCUT2D eigenvalue weighted by Gasteiger charge is 2.34. The molecule has 2 atom stereocenters. The lowest BCUT2D eigenvalue weighted by molar-refractivity contribution is 0.102. The van der Waals surface area contributed by atoms with Crippen molar-refractivity contribution in [3.8, 4) is 0 Å². The molecule has 20 heavy (non-hydrogen) atoms. The topological polar surface area (TPSA) is 45.4 Å². The van der Waals surface area contributed by atoms with Crippen LogP contribution in [-0.2, 0) is 0 Å². The molecule has 1 aromatic rings. The van der Waals surface area contributed by atoms with Crippen molar-refractivity contribution in [1.82, 2.24) is 9.88 Å². The third kappa shape index (κ3) is 2.65. The van der Waals surface area contributed by atoms with E-state index in [-0.39, 0.29) is 0 Å². The van der Waals surface area contributed by atoms with Crippen LogP contribution in [0.5, 0.6) is 0 Å². The van der Waals surface area contributed by atoms with Crippen molar-refractivity contribution in [3.63, 3.8) is 0 Å². The largest absolute Gasteiger partial charge is 0.389 e. The molecule has 5 heteroatoms. The van der Waals surface area contributed by atoms with Gasteiger partial charge in [0.2, 0.25) is 0 Å². The van der Waals surface area contributed by atoms with Gasteiger partial charge in [0, 0.05) is 30.9 Å². The molecular weight excluding hydrogens is 268 g/mol. The molecule has 0 aromatic carbocycles. The quantitative estimate of drug-likeness (QED) is 0.839. The van der Waals surface area contributed by atoms with E-state index in [1.54, 1.807) is 0 Å². The maximum atomic E-state index is 5.72. The Kier molecular flexibility index (Phi) is 3.89. The van der Waals surface area contributed by atoms with E-state index in [9.17, 15) is 0 Å². The van der Waals surface area contributed by atoms with Gasteiger partial charge in [-0.25, -0.2) is 4.98 Å². The number of aromatic nitrogens is 1. The van der Waals surface area contributed by atoms with Crippen LogP contribution in [0, 0.1) is 5.92 Å². The standard InChI is InChI=1S/C15H22N4S/c1-18-7-2-3-12-10-19(8-5-13(12)18)14-9-11(15(16)20)4-6-17-14/h4,6,9,12-13H,2-3,5,7-8,10H2,1H3,(H2,16,20). The van der Waals surface area contributed by atoms with Crippen LogP contribution in [0.3, 0.4) is 0 Å². The molecule has 2 fully saturated rings. The summed E-state index contributed by atoms with van der Waals surface area (Å²) in [7, 11) is 2.26. The Morgan fingerprint density at radius 1 is 1.40 bits per heavy atom. The van der Waals surface area contributed by atoms with Crippen LogP contribution in [0.25, 0.3) is 0 Å². The first-order chi connectivity index (χ1) is 9.65. The average Bonchev–Trinajstić information content (AvgIpc) is 2.47. The second kappa shape index (κ2) is 5.66. The van der Waals surface area contributed by atoms with E-state index in [1.807, 2.05) is 18.3 Å². The van der Waals surface area contributed by atoms with Gasteiger partial charge in [-0.15, -0.1) is 0 Å². The van der Waals surface area contributed by atoms with Gasteiger partial charge < -0.3 is 15.5 Å². The highest BCUT2D eigenvalue weighted by Crippen LogP contribution is 2.31. The van der Waals surface area contributed by atoms with Gasteiger partial charge in [0.1, 0.15) is 10.8 Å². The van der Waals surface area contributed by atoms with Gasteiger partial charge in [0.05, 0.1) is 0 Å². The number of hydrogen-bond donors (Lipinski definition) is 1. The lowest BCUT2D eigenvalue weighted by Crippen LogP contribution is -2.52. The molecule has 2 saturated heterocycles. The third-order valence-corrected chi connectivity index (χ3v) is 4.94. The molecule has 2 aliphatic rings. The Hall–Kier alpha value is -1.20. The van der Waals surface area contributed by atoms with Crippen molar-refractivity contribution in [3.05, 3.63) is 23.9 Å². The molecule has 0 saturated carbocycles. The Morgan fingerprint density at radius 2 is 2.25 bits per heavy atom. The van der Waals surface area contributed by atoms with Crippen LogP contribution in [0.15, 0.2) is 18.3 Å². The van der Waals surface area contributed by atoms with Gasteiger partial charge in [-0.05, 0) is 50.9 Å². The summed E-state index contributed by atoms with van der Waals surface area (Å²) in [5, 5.41) is 0. The van der Waals surface area contributed by atoms with Crippen molar-refractivity contribution in [2.24, 2.45) is 11.7 Å². The van der Waals surface area contributed by atoms with Gasteiger partial charge in [-0.1, -0.05) is 12.2 Å². The Labute approximate surface area is 126 Å². The molecule has 2 unspecified atom stereocenters. The molecule has 0 amide bonds. The zero-order valence-electron chi connectivity index (χ0n) is 12.0. The van der Waals surface area contributed by atoms with Crippen LogP contribution in [-0.4, -0.2) is 47.6 Å². The lowest BCUT2D eigenvalue weighted by Gasteiger charge is -2.46. The molecule has 4 nitrogen and oxygen atoms in total. The fraction of sp³-hybridized carbons (Fsp3) is 0.600. The number of thiocarbonyl (C=S) groups is 1. The molecule has 0 aliphatic carbocycles. The minimum Gasteiger partial charge on any atom is -0.389 e. The van der Waals surface area contributed by atoms with Crippen LogP contribution in [0.4, 0.5) is 5.82 Å². The van der Waals surface area contributed by atoms with Crippen molar-refractivity contribution < 1.29 is 0 Å². The highest BCUT2D eigenvalue weighted by atomic mass is 32.1. The van der Waals surface area contributed by atoms with Crippen molar-refractivity contribution in [2.45, 2.75) is 25.3 Å². The number of nitrogens with zero attached hydrogens (tertiary/aromatic N) is 3. The van der Waals surface area contributed by atoms with Gasteiger partial charge in [0.15, 0.2) is 0 Å². The van der Waals surface area contributed by atoms with E-state index in [1.165, 1.54) is 25.8 Å². The molecule has 2 N–H and O–H groups in total. The number of pyridine rings is 1. The maximum absolute atomic E-state index is 5.72. The number of piperidine rings is 2.